The van der Waals surface area contributed by atoms with Crippen LogP contribution in [0.5, 0.6) is 11.5 Å². The predicted molar refractivity (Wildman–Crippen MR) is 104 cm³/mol. The van der Waals surface area contributed by atoms with Gasteiger partial charge in [0, 0.05) is 4.47 Å². The van der Waals surface area contributed by atoms with Gasteiger partial charge >= 0.3 is 0 Å². The molecule has 0 saturated carbocycles. The molecule has 2 rings (SSSR count). The van der Waals surface area contributed by atoms with Crippen molar-refractivity contribution in [1.82, 2.24) is 5.32 Å². The van der Waals surface area contributed by atoms with Crippen LogP contribution in [0.3, 0.4) is 0 Å². The minimum Gasteiger partial charge on any atom is -0.495 e. The monoisotopic (exact) mass is 420 g/mol. The van der Waals surface area contributed by atoms with Gasteiger partial charge in [-0.15, -0.1) is 0 Å². The maximum Gasteiger partial charge on any atom is 0.261 e. The van der Waals surface area contributed by atoms with E-state index in [1.54, 1.807) is 31.2 Å². The van der Waals surface area contributed by atoms with E-state index in [0.29, 0.717) is 17.2 Å². The molecule has 0 aliphatic rings. The van der Waals surface area contributed by atoms with Gasteiger partial charge in [-0.1, -0.05) is 22.0 Å². The van der Waals surface area contributed by atoms with Gasteiger partial charge in [-0.2, -0.15) is 0 Å². The van der Waals surface area contributed by atoms with Crippen molar-refractivity contribution in [2.24, 2.45) is 0 Å². The third kappa shape index (κ3) is 5.77. The molecule has 0 heterocycles. The second-order valence-corrected chi connectivity index (χ2v) is 6.60. The van der Waals surface area contributed by atoms with Crippen LogP contribution in [-0.2, 0) is 9.59 Å². The normalized spacial score (nSPS) is 11.4. The molecule has 2 N–H and O–H groups in total. The van der Waals surface area contributed by atoms with Crippen LogP contribution in [0.4, 0.5) is 5.69 Å². The van der Waals surface area contributed by atoms with Gasteiger partial charge in [0.1, 0.15) is 11.5 Å². The van der Waals surface area contributed by atoms with E-state index in [1.807, 2.05) is 25.1 Å². The lowest BCUT2D eigenvalue weighted by Crippen LogP contribution is -2.40. The molecule has 0 aromatic heterocycles. The molecule has 0 spiro atoms. The highest BCUT2D eigenvalue weighted by Crippen LogP contribution is 2.25. The molecule has 7 heteroatoms. The van der Waals surface area contributed by atoms with Crippen molar-refractivity contribution in [3.05, 3.63) is 52.5 Å². The van der Waals surface area contributed by atoms with Gasteiger partial charge in [-0.3, -0.25) is 9.59 Å². The molecule has 2 aromatic rings. The molecule has 0 aliphatic heterocycles. The van der Waals surface area contributed by atoms with Crippen molar-refractivity contribution >= 4 is 33.4 Å². The largest absolute Gasteiger partial charge is 0.495 e. The van der Waals surface area contributed by atoms with Crippen LogP contribution < -0.4 is 20.1 Å². The fourth-order valence-corrected chi connectivity index (χ4v) is 2.46. The van der Waals surface area contributed by atoms with E-state index >= 15 is 0 Å². The molecule has 0 fully saturated rings. The smallest absolute Gasteiger partial charge is 0.261 e. The Labute approximate surface area is 161 Å². The summed E-state index contributed by atoms with van der Waals surface area (Å²) in [6.45, 7) is 3.38. The summed E-state index contributed by atoms with van der Waals surface area (Å²) >= 11 is 3.33. The van der Waals surface area contributed by atoms with Crippen LogP contribution in [0.25, 0.3) is 0 Å². The number of nitrogens with one attached hydrogen (secondary N) is 2. The van der Waals surface area contributed by atoms with Crippen LogP contribution in [-0.4, -0.2) is 31.6 Å². The summed E-state index contributed by atoms with van der Waals surface area (Å²) < 4.78 is 11.7. The Kier molecular flexibility index (Phi) is 7.03. The Morgan fingerprint density at radius 3 is 2.50 bits per heavy atom. The first-order chi connectivity index (χ1) is 12.4. The highest BCUT2D eigenvalue weighted by Gasteiger charge is 2.16. The Morgan fingerprint density at radius 2 is 1.85 bits per heavy atom. The van der Waals surface area contributed by atoms with Gasteiger partial charge in [0.05, 0.1) is 19.3 Å². The lowest BCUT2D eigenvalue weighted by Gasteiger charge is -2.15. The summed E-state index contributed by atoms with van der Waals surface area (Å²) in [4.78, 5) is 24.2. The van der Waals surface area contributed by atoms with E-state index in [9.17, 15) is 9.59 Å². The first-order valence-electron chi connectivity index (χ1n) is 8.03. The van der Waals surface area contributed by atoms with E-state index < -0.39 is 6.10 Å². The van der Waals surface area contributed by atoms with Gasteiger partial charge in [-0.05, 0) is 55.8 Å². The van der Waals surface area contributed by atoms with Crippen LogP contribution in [0.2, 0.25) is 0 Å². The number of halogens is 1. The first kappa shape index (κ1) is 19.8. The number of hydrogen-bond acceptors (Lipinski definition) is 4. The summed E-state index contributed by atoms with van der Waals surface area (Å²) in [7, 11) is 1.53. The molecular formula is C19H21BrN2O4. The predicted octanol–water partition coefficient (Wildman–Crippen LogP) is 3.29. The van der Waals surface area contributed by atoms with Crippen molar-refractivity contribution in [3.8, 4) is 11.5 Å². The van der Waals surface area contributed by atoms with Gasteiger partial charge in [0.25, 0.3) is 5.91 Å². The molecule has 0 saturated heterocycles. The van der Waals surface area contributed by atoms with Gasteiger partial charge in [0.15, 0.2) is 6.10 Å². The van der Waals surface area contributed by atoms with Crippen molar-refractivity contribution < 1.29 is 19.1 Å². The maximum atomic E-state index is 12.1. The standard InChI is InChI=1S/C19H21BrN2O4/c1-12-4-9-17(25-3)16(10-12)22-18(23)11-21-19(24)13(2)26-15-7-5-14(20)6-8-15/h4-10,13H,11H2,1-3H3,(H,21,24)(H,22,23). The summed E-state index contributed by atoms with van der Waals surface area (Å²) in [5.41, 5.74) is 1.55. The summed E-state index contributed by atoms with van der Waals surface area (Å²) in [6.07, 6.45) is -0.725. The Bertz CT molecular complexity index is 778. The molecule has 2 aromatic carbocycles. The summed E-state index contributed by atoms with van der Waals surface area (Å²) in [5.74, 6) is 0.407. The average molecular weight is 421 g/mol. The number of amides is 2. The van der Waals surface area contributed by atoms with Crippen molar-refractivity contribution in [1.29, 1.82) is 0 Å². The van der Waals surface area contributed by atoms with E-state index in [4.69, 9.17) is 9.47 Å². The third-order valence-electron chi connectivity index (χ3n) is 3.55. The third-order valence-corrected chi connectivity index (χ3v) is 4.08. The number of rotatable bonds is 7. The van der Waals surface area contributed by atoms with Crippen LogP contribution >= 0.6 is 15.9 Å². The zero-order chi connectivity index (χ0) is 19.1. The van der Waals surface area contributed by atoms with Gasteiger partial charge < -0.3 is 20.1 Å². The zero-order valence-corrected chi connectivity index (χ0v) is 16.4. The number of carbonyl (C=O) groups excluding carboxylic acids is 2. The van der Waals surface area contributed by atoms with E-state index in [2.05, 4.69) is 26.6 Å². The fraction of sp³-hybridized carbons (Fsp3) is 0.263. The van der Waals surface area contributed by atoms with Crippen LogP contribution in [0, 0.1) is 6.92 Å². The zero-order valence-electron chi connectivity index (χ0n) is 14.8. The number of hydrogen-bond donors (Lipinski definition) is 2. The van der Waals surface area contributed by atoms with Crippen molar-refractivity contribution in [2.75, 3.05) is 19.0 Å². The number of anilines is 1. The fourth-order valence-electron chi connectivity index (χ4n) is 2.20. The average Bonchev–Trinajstić information content (AvgIpc) is 2.61. The second kappa shape index (κ2) is 9.24. The van der Waals surface area contributed by atoms with E-state index in [0.717, 1.165) is 10.0 Å². The minimum atomic E-state index is -0.725. The Morgan fingerprint density at radius 1 is 1.15 bits per heavy atom. The topological polar surface area (TPSA) is 76.7 Å². The molecule has 1 atom stereocenters. The second-order valence-electron chi connectivity index (χ2n) is 5.68. The Hall–Kier alpha value is -2.54. The molecule has 138 valence electrons. The van der Waals surface area contributed by atoms with E-state index in [1.165, 1.54) is 7.11 Å². The molecule has 2 amide bonds. The van der Waals surface area contributed by atoms with Gasteiger partial charge in [0.2, 0.25) is 5.91 Å². The van der Waals surface area contributed by atoms with Gasteiger partial charge in [-0.25, -0.2) is 0 Å². The maximum absolute atomic E-state index is 12.1. The highest BCUT2D eigenvalue weighted by atomic mass is 79.9. The minimum absolute atomic E-state index is 0.163. The molecule has 6 nitrogen and oxygen atoms in total. The molecular weight excluding hydrogens is 400 g/mol. The molecule has 0 bridgehead atoms. The lowest BCUT2D eigenvalue weighted by atomic mass is 10.2. The number of ether oxygens (including phenoxy) is 2. The molecule has 0 radical (unpaired) electrons. The number of carbonyl (C=O) groups is 2. The van der Waals surface area contributed by atoms with E-state index in [-0.39, 0.29) is 18.4 Å². The number of benzene rings is 2. The first-order valence-corrected chi connectivity index (χ1v) is 8.82. The lowest BCUT2D eigenvalue weighted by molar-refractivity contribution is -0.129. The molecule has 26 heavy (non-hydrogen) atoms. The van der Waals surface area contributed by atoms with Crippen LogP contribution in [0.15, 0.2) is 46.9 Å². The molecule has 0 aliphatic carbocycles. The van der Waals surface area contributed by atoms with Crippen molar-refractivity contribution in [2.45, 2.75) is 20.0 Å². The quantitative estimate of drug-likeness (QED) is 0.720. The summed E-state index contributed by atoms with van der Waals surface area (Å²) in [5, 5.41) is 5.29. The summed E-state index contributed by atoms with van der Waals surface area (Å²) in [6, 6.07) is 12.6. The number of aryl methyl sites for hydroxylation is 1. The molecule has 1 unspecified atom stereocenters. The van der Waals surface area contributed by atoms with Crippen LogP contribution in [0.1, 0.15) is 12.5 Å². The SMILES string of the molecule is COc1ccc(C)cc1NC(=O)CNC(=O)C(C)Oc1ccc(Br)cc1. The Balaban J connectivity index is 1.85. The number of methoxy groups -OCH3 is 1. The van der Waals surface area contributed by atoms with Crippen molar-refractivity contribution in [3.63, 3.8) is 0 Å². The highest BCUT2D eigenvalue weighted by molar-refractivity contribution is 9.10.